The maximum atomic E-state index is 13.4. The Kier molecular flexibility index (Phi) is 3.37. The highest BCUT2D eigenvalue weighted by Crippen LogP contribution is 2.60. The van der Waals surface area contributed by atoms with Gasteiger partial charge >= 0.3 is 12.3 Å². The summed E-state index contributed by atoms with van der Waals surface area (Å²) in [5, 5.41) is 0. The minimum atomic E-state index is -4.83. The molecule has 2 aliphatic carbocycles. The Bertz CT molecular complexity index is 657. The Morgan fingerprint density at radius 3 is 2.52 bits per heavy atom. The third kappa shape index (κ3) is 2.99. The monoisotopic (exact) mass is 332 g/mol. The summed E-state index contributed by atoms with van der Waals surface area (Å²) in [7, 11) is 0. The molecular formula is C15H16F4N2O2. The number of carbonyl (C=O) groups excluding carboxylic acids is 1. The lowest BCUT2D eigenvalue weighted by atomic mass is 9.98. The number of benzene rings is 1. The van der Waals surface area contributed by atoms with E-state index in [1.807, 2.05) is 0 Å². The minimum Gasteiger partial charge on any atom is -0.438 e. The van der Waals surface area contributed by atoms with E-state index in [1.165, 1.54) is 6.07 Å². The predicted octanol–water partition coefficient (Wildman–Crippen LogP) is 3.04. The van der Waals surface area contributed by atoms with Gasteiger partial charge in [-0.1, -0.05) is 6.07 Å². The van der Waals surface area contributed by atoms with Gasteiger partial charge in [-0.3, -0.25) is 0 Å². The number of hydrogen-bond donors (Lipinski definition) is 2. The van der Waals surface area contributed by atoms with Gasteiger partial charge < -0.3 is 16.2 Å². The highest BCUT2D eigenvalue weighted by atomic mass is 19.4. The van der Waals surface area contributed by atoms with Gasteiger partial charge in [0.05, 0.1) is 5.56 Å². The Morgan fingerprint density at radius 2 is 2.00 bits per heavy atom. The number of ether oxygens (including phenoxy) is 1. The van der Waals surface area contributed by atoms with Gasteiger partial charge in [0, 0.05) is 11.5 Å². The molecule has 1 aromatic rings. The van der Waals surface area contributed by atoms with Gasteiger partial charge in [-0.15, -0.1) is 0 Å². The molecule has 3 rings (SSSR count). The lowest BCUT2D eigenvalue weighted by Crippen LogP contribution is -2.28. The highest BCUT2D eigenvalue weighted by molar-refractivity contribution is 5.66. The molecule has 2 unspecified atom stereocenters. The topological polar surface area (TPSA) is 78.3 Å². The Balaban J connectivity index is 1.94. The van der Waals surface area contributed by atoms with Crippen LogP contribution < -0.4 is 11.5 Å². The largest absolute Gasteiger partial charge is 0.438 e. The molecule has 126 valence electrons. The van der Waals surface area contributed by atoms with Crippen molar-refractivity contribution < 1.29 is 27.1 Å². The van der Waals surface area contributed by atoms with Gasteiger partial charge in [-0.25, -0.2) is 9.18 Å². The summed E-state index contributed by atoms with van der Waals surface area (Å²) >= 11 is 0. The summed E-state index contributed by atoms with van der Waals surface area (Å²) in [5.74, 6) is -1.58. The highest BCUT2D eigenvalue weighted by Gasteiger charge is 2.62. The van der Waals surface area contributed by atoms with Gasteiger partial charge in [0.2, 0.25) is 0 Å². The van der Waals surface area contributed by atoms with Crippen molar-refractivity contribution in [2.75, 3.05) is 0 Å². The van der Waals surface area contributed by atoms with Gasteiger partial charge in [0.15, 0.2) is 0 Å². The van der Waals surface area contributed by atoms with Crippen molar-refractivity contribution in [1.29, 1.82) is 0 Å². The van der Waals surface area contributed by atoms with Crippen molar-refractivity contribution in [3.63, 3.8) is 0 Å². The molecule has 1 amide bonds. The fraction of sp³-hybridized carbons (Fsp3) is 0.533. The van der Waals surface area contributed by atoms with E-state index in [-0.39, 0.29) is 17.0 Å². The number of amides is 1. The van der Waals surface area contributed by atoms with Crippen LogP contribution in [-0.2, 0) is 16.5 Å². The average Bonchev–Trinajstić information content (AvgIpc) is 3.29. The second kappa shape index (κ2) is 4.83. The standard InChI is InChI=1S/C15H16F4N2O2/c16-11-2-1-8(5-10(11)15(17,18)19)14(23-12(20)22)7-9(14)6-13(21)3-4-13/h1-2,5,9H,3-4,6-7,21H2,(H2,20,22). The van der Waals surface area contributed by atoms with E-state index in [1.54, 1.807) is 0 Å². The van der Waals surface area contributed by atoms with Gasteiger partial charge in [0.25, 0.3) is 0 Å². The number of alkyl halides is 3. The third-order valence-corrected chi connectivity index (χ3v) is 4.64. The van der Waals surface area contributed by atoms with Gasteiger partial charge in [-0.05, 0) is 43.4 Å². The van der Waals surface area contributed by atoms with Crippen molar-refractivity contribution >= 4 is 6.09 Å². The molecule has 0 radical (unpaired) electrons. The summed E-state index contributed by atoms with van der Waals surface area (Å²) in [6.45, 7) is 0. The van der Waals surface area contributed by atoms with E-state index < -0.39 is 29.3 Å². The number of carbonyl (C=O) groups is 1. The molecule has 4 N–H and O–H groups in total. The molecule has 2 atom stereocenters. The Morgan fingerprint density at radius 1 is 1.35 bits per heavy atom. The first-order chi connectivity index (χ1) is 10.6. The average molecular weight is 332 g/mol. The van der Waals surface area contributed by atoms with Crippen LogP contribution in [0, 0.1) is 11.7 Å². The maximum Gasteiger partial charge on any atom is 0.419 e. The van der Waals surface area contributed by atoms with Crippen molar-refractivity contribution in [2.45, 2.75) is 43.0 Å². The smallest absolute Gasteiger partial charge is 0.419 e. The number of rotatable bonds is 4. The SMILES string of the molecule is NC(=O)OC1(c2ccc(F)c(C(F)(F)F)c2)CC1CC1(N)CC1. The number of halogens is 4. The van der Waals surface area contributed by atoms with Crippen molar-refractivity contribution in [1.82, 2.24) is 0 Å². The zero-order chi connectivity index (χ0) is 17.0. The fourth-order valence-electron chi connectivity index (χ4n) is 3.12. The van der Waals surface area contributed by atoms with Gasteiger partial charge in [0.1, 0.15) is 11.4 Å². The third-order valence-electron chi connectivity index (χ3n) is 4.64. The second-order valence-corrected chi connectivity index (χ2v) is 6.47. The van der Waals surface area contributed by atoms with Crippen LogP contribution in [0.2, 0.25) is 0 Å². The molecule has 0 spiro atoms. The Hall–Kier alpha value is -1.83. The molecular weight excluding hydrogens is 316 g/mol. The molecule has 8 heteroatoms. The van der Waals surface area contributed by atoms with E-state index in [0.717, 1.165) is 18.9 Å². The first kappa shape index (κ1) is 16.0. The van der Waals surface area contributed by atoms with Gasteiger partial charge in [-0.2, -0.15) is 13.2 Å². The van der Waals surface area contributed by atoms with Crippen LogP contribution in [0.4, 0.5) is 22.4 Å². The van der Waals surface area contributed by atoms with E-state index in [9.17, 15) is 22.4 Å². The minimum absolute atomic E-state index is 0.0966. The number of primary amides is 1. The molecule has 0 aliphatic heterocycles. The molecule has 0 heterocycles. The predicted molar refractivity (Wildman–Crippen MR) is 72.6 cm³/mol. The van der Waals surface area contributed by atoms with E-state index in [0.29, 0.717) is 18.9 Å². The van der Waals surface area contributed by atoms with Crippen LogP contribution in [-0.4, -0.2) is 11.6 Å². The summed E-state index contributed by atoms with van der Waals surface area (Å²) < 4.78 is 57.2. The van der Waals surface area contributed by atoms with Crippen molar-refractivity contribution in [3.05, 3.63) is 35.1 Å². The van der Waals surface area contributed by atoms with E-state index >= 15 is 0 Å². The van der Waals surface area contributed by atoms with E-state index in [2.05, 4.69) is 0 Å². The second-order valence-electron chi connectivity index (χ2n) is 6.47. The van der Waals surface area contributed by atoms with E-state index in [4.69, 9.17) is 16.2 Å². The summed E-state index contributed by atoms with van der Waals surface area (Å²) in [6, 6.07) is 2.62. The fourth-order valence-corrected chi connectivity index (χ4v) is 3.12. The lowest BCUT2D eigenvalue weighted by molar-refractivity contribution is -0.140. The molecule has 0 saturated heterocycles. The number of hydrogen-bond acceptors (Lipinski definition) is 3. The molecule has 0 bridgehead atoms. The molecule has 0 aromatic heterocycles. The molecule has 2 saturated carbocycles. The first-order valence-electron chi connectivity index (χ1n) is 7.20. The lowest BCUT2D eigenvalue weighted by Gasteiger charge is -2.21. The molecule has 2 aliphatic rings. The van der Waals surface area contributed by atoms with Crippen LogP contribution in [0.5, 0.6) is 0 Å². The zero-order valence-corrected chi connectivity index (χ0v) is 12.1. The van der Waals surface area contributed by atoms with Crippen LogP contribution >= 0.6 is 0 Å². The molecule has 1 aromatic carbocycles. The quantitative estimate of drug-likeness (QED) is 0.832. The normalized spacial score (nSPS) is 28.3. The maximum absolute atomic E-state index is 13.4. The van der Waals surface area contributed by atoms with Crippen LogP contribution in [0.3, 0.4) is 0 Å². The summed E-state index contributed by atoms with van der Waals surface area (Å²) in [6.07, 6.45) is -3.39. The summed E-state index contributed by atoms with van der Waals surface area (Å²) in [5.41, 5.74) is 8.21. The Labute approximate surface area is 129 Å². The molecule has 23 heavy (non-hydrogen) atoms. The van der Waals surface area contributed by atoms with Crippen molar-refractivity contribution in [2.24, 2.45) is 17.4 Å². The summed E-state index contributed by atoms with van der Waals surface area (Å²) in [4.78, 5) is 11.2. The molecule has 4 nitrogen and oxygen atoms in total. The first-order valence-corrected chi connectivity index (χ1v) is 7.20. The van der Waals surface area contributed by atoms with Crippen LogP contribution in [0.15, 0.2) is 18.2 Å². The molecule has 2 fully saturated rings. The van der Waals surface area contributed by atoms with Crippen LogP contribution in [0.1, 0.15) is 36.8 Å². The zero-order valence-electron chi connectivity index (χ0n) is 12.1. The van der Waals surface area contributed by atoms with Crippen molar-refractivity contribution in [3.8, 4) is 0 Å². The number of nitrogens with two attached hydrogens (primary N) is 2. The van der Waals surface area contributed by atoms with Crippen LogP contribution in [0.25, 0.3) is 0 Å².